The predicted molar refractivity (Wildman–Crippen MR) is 129 cm³/mol. The Kier molecular flexibility index (Phi) is 6.05. The minimum Gasteiger partial charge on any atom is -0.368 e. The van der Waals surface area contributed by atoms with E-state index in [1.165, 1.54) is 11.1 Å². The number of rotatable bonds is 6. The molecule has 2 fully saturated rings. The number of nitrogens with one attached hydrogen (secondary N) is 1. The summed E-state index contributed by atoms with van der Waals surface area (Å²) in [6, 6.07) is 22.9. The lowest BCUT2D eigenvalue weighted by Crippen LogP contribution is -2.48. The van der Waals surface area contributed by atoms with Crippen molar-refractivity contribution >= 4 is 17.3 Å². The van der Waals surface area contributed by atoms with Gasteiger partial charge in [0.05, 0.1) is 17.3 Å². The fraction of sp³-hybridized carbons (Fsp3) is 0.296. The van der Waals surface area contributed by atoms with Crippen molar-refractivity contribution in [2.45, 2.75) is 18.9 Å². The second-order valence-corrected chi connectivity index (χ2v) is 8.72. The van der Waals surface area contributed by atoms with Gasteiger partial charge in [0.15, 0.2) is 0 Å². The fourth-order valence-corrected chi connectivity index (χ4v) is 4.59. The van der Waals surface area contributed by atoms with E-state index >= 15 is 0 Å². The van der Waals surface area contributed by atoms with Crippen LogP contribution in [0.2, 0.25) is 0 Å². The number of aromatic nitrogens is 1. The van der Waals surface area contributed by atoms with Crippen LogP contribution in [0.15, 0.2) is 73.1 Å². The van der Waals surface area contributed by atoms with Crippen LogP contribution in [-0.2, 0) is 4.79 Å². The molecule has 1 amide bonds. The molecule has 1 atom stereocenters. The number of hydrogen-bond donors (Lipinski definition) is 1. The van der Waals surface area contributed by atoms with E-state index in [0.29, 0.717) is 11.3 Å². The normalized spacial score (nSPS) is 17.2. The van der Waals surface area contributed by atoms with E-state index in [4.69, 9.17) is 0 Å². The number of amides is 1. The molecule has 33 heavy (non-hydrogen) atoms. The molecule has 1 unspecified atom stereocenters. The molecule has 2 heterocycles. The number of benzene rings is 2. The van der Waals surface area contributed by atoms with Crippen molar-refractivity contribution in [3.63, 3.8) is 0 Å². The molecule has 2 aliphatic rings. The van der Waals surface area contributed by atoms with E-state index in [0.717, 1.165) is 44.7 Å². The Labute approximate surface area is 194 Å². The van der Waals surface area contributed by atoms with Crippen LogP contribution in [0.5, 0.6) is 0 Å². The quantitative estimate of drug-likeness (QED) is 0.625. The standard InChI is InChI=1S/C27H27N5O/c28-19-23-18-24(30-27(33)22-6-7-22)8-9-25(23)31-14-16-32(17-15-31)26(20-4-2-1-3-5-20)21-10-12-29-13-11-21/h1-5,8-13,18,22,26H,6-7,14-17H2,(H,30,33). The molecule has 0 radical (unpaired) electrons. The summed E-state index contributed by atoms with van der Waals surface area (Å²) in [5, 5.41) is 12.7. The van der Waals surface area contributed by atoms with Crippen LogP contribution >= 0.6 is 0 Å². The Morgan fingerprint density at radius 3 is 2.33 bits per heavy atom. The summed E-state index contributed by atoms with van der Waals surface area (Å²) in [7, 11) is 0. The highest BCUT2D eigenvalue weighted by Gasteiger charge is 2.30. The minimum atomic E-state index is 0.0586. The zero-order chi connectivity index (χ0) is 22.6. The predicted octanol–water partition coefficient (Wildman–Crippen LogP) is 4.21. The summed E-state index contributed by atoms with van der Waals surface area (Å²) < 4.78 is 0. The number of hydrogen-bond acceptors (Lipinski definition) is 5. The fourth-order valence-electron chi connectivity index (χ4n) is 4.59. The van der Waals surface area contributed by atoms with Crippen molar-refractivity contribution < 1.29 is 4.79 Å². The summed E-state index contributed by atoms with van der Waals surface area (Å²) in [5.41, 5.74) is 4.74. The molecule has 5 rings (SSSR count). The molecule has 166 valence electrons. The van der Waals surface area contributed by atoms with Gasteiger partial charge in [0.25, 0.3) is 0 Å². The molecule has 1 aromatic heterocycles. The molecule has 3 aromatic rings. The van der Waals surface area contributed by atoms with E-state index in [2.05, 4.69) is 62.6 Å². The third-order valence-corrected chi connectivity index (χ3v) is 6.49. The van der Waals surface area contributed by atoms with Crippen molar-refractivity contribution in [1.29, 1.82) is 5.26 Å². The van der Waals surface area contributed by atoms with Crippen molar-refractivity contribution in [3.8, 4) is 6.07 Å². The van der Waals surface area contributed by atoms with E-state index in [1.807, 2.05) is 30.6 Å². The highest BCUT2D eigenvalue weighted by atomic mass is 16.2. The zero-order valence-corrected chi connectivity index (χ0v) is 18.5. The molecular weight excluding hydrogens is 410 g/mol. The average molecular weight is 438 g/mol. The van der Waals surface area contributed by atoms with Crippen molar-refractivity contribution in [2.24, 2.45) is 5.92 Å². The second kappa shape index (κ2) is 9.43. The number of piperazine rings is 1. The molecule has 1 aliphatic carbocycles. The molecule has 1 saturated carbocycles. The van der Waals surface area contributed by atoms with Gasteiger partial charge in [0, 0.05) is 50.2 Å². The van der Waals surface area contributed by atoms with Crippen LogP contribution in [0.1, 0.15) is 35.6 Å². The van der Waals surface area contributed by atoms with Gasteiger partial charge in [-0.2, -0.15) is 5.26 Å². The Bertz CT molecular complexity index is 1110. The Balaban J connectivity index is 1.31. The first-order valence-electron chi connectivity index (χ1n) is 11.5. The smallest absolute Gasteiger partial charge is 0.227 e. The second-order valence-electron chi connectivity index (χ2n) is 8.72. The summed E-state index contributed by atoms with van der Waals surface area (Å²) in [5.74, 6) is 0.199. The Morgan fingerprint density at radius 2 is 1.67 bits per heavy atom. The van der Waals surface area contributed by atoms with Crippen LogP contribution in [0.4, 0.5) is 11.4 Å². The monoisotopic (exact) mass is 437 g/mol. The average Bonchev–Trinajstić information content (AvgIpc) is 3.72. The summed E-state index contributed by atoms with van der Waals surface area (Å²) in [4.78, 5) is 21.0. The van der Waals surface area contributed by atoms with Crippen LogP contribution in [-0.4, -0.2) is 42.0 Å². The molecular formula is C27H27N5O. The SMILES string of the molecule is N#Cc1cc(NC(=O)C2CC2)ccc1N1CCN(C(c2ccccc2)c2ccncc2)CC1. The lowest BCUT2D eigenvalue weighted by molar-refractivity contribution is -0.117. The van der Waals surface area contributed by atoms with E-state index in [-0.39, 0.29) is 17.9 Å². The molecule has 6 heteroatoms. The zero-order valence-electron chi connectivity index (χ0n) is 18.5. The van der Waals surface area contributed by atoms with E-state index in [1.54, 1.807) is 6.07 Å². The molecule has 0 bridgehead atoms. The summed E-state index contributed by atoms with van der Waals surface area (Å²) in [6.45, 7) is 3.42. The number of nitrogens with zero attached hydrogens (tertiary/aromatic N) is 4. The third-order valence-electron chi connectivity index (χ3n) is 6.49. The number of anilines is 2. The van der Waals surface area contributed by atoms with Crippen molar-refractivity contribution in [1.82, 2.24) is 9.88 Å². The van der Waals surface area contributed by atoms with Crippen LogP contribution < -0.4 is 10.2 Å². The highest BCUT2D eigenvalue weighted by Crippen LogP contribution is 2.33. The maximum absolute atomic E-state index is 12.1. The molecule has 1 aliphatic heterocycles. The van der Waals surface area contributed by atoms with Gasteiger partial charge in [-0.05, 0) is 54.3 Å². The number of nitriles is 1. The maximum Gasteiger partial charge on any atom is 0.227 e. The summed E-state index contributed by atoms with van der Waals surface area (Å²) in [6.07, 6.45) is 5.63. The first kappa shape index (κ1) is 21.2. The van der Waals surface area contributed by atoms with Gasteiger partial charge >= 0.3 is 0 Å². The first-order valence-corrected chi connectivity index (χ1v) is 11.5. The van der Waals surface area contributed by atoms with E-state index < -0.39 is 0 Å². The van der Waals surface area contributed by atoms with Gasteiger partial charge in [-0.25, -0.2) is 0 Å². The largest absolute Gasteiger partial charge is 0.368 e. The van der Waals surface area contributed by atoms with Gasteiger partial charge in [0.1, 0.15) is 6.07 Å². The van der Waals surface area contributed by atoms with Crippen molar-refractivity contribution in [3.05, 3.63) is 89.7 Å². The number of carbonyl (C=O) groups excluding carboxylic acids is 1. The highest BCUT2D eigenvalue weighted by molar-refractivity contribution is 5.94. The molecule has 0 spiro atoms. The van der Waals surface area contributed by atoms with Gasteiger partial charge in [-0.3, -0.25) is 14.7 Å². The molecule has 6 nitrogen and oxygen atoms in total. The van der Waals surface area contributed by atoms with Crippen LogP contribution in [0, 0.1) is 17.2 Å². The lowest BCUT2D eigenvalue weighted by Gasteiger charge is -2.41. The van der Waals surface area contributed by atoms with Gasteiger partial charge in [-0.1, -0.05) is 30.3 Å². The summed E-state index contributed by atoms with van der Waals surface area (Å²) >= 11 is 0. The number of carbonyl (C=O) groups is 1. The van der Waals surface area contributed by atoms with Gasteiger partial charge in [-0.15, -0.1) is 0 Å². The number of pyridine rings is 1. The lowest BCUT2D eigenvalue weighted by atomic mass is 9.97. The minimum absolute atomic E-state index is 0.0586. The van der Waals surface area contributed by atoms with Crippen LogP contribution in [0.25, 0.3) is 0 Å². The Hall–Kier alpha value is -3.69. The van der Waals surface area contributed by atoms with Crippen molar-refractivity contribution in [2.75, 3.05) is 36.4 Å². The molecule has 2 aromatic carbocycles. The third kappa shape index (κ3) is 4.74. The first-order chi connectivity index (χ1) is 16.2. The van der Waals surface area contributed by atoms with Crippen LogP contribution in [0.3, 0.4) is 0 Å². The Morgan fingerprint density at radius 1 is 0.970 bits per heavy atom. The molecule has 1 N–H and O–H groups in total. The maximum atomic E-state index is 12.1. The van der Waals surface area contributed by atoms with Gasteiger partial charge < -0.3 is 10.2 Å². The van der Waals surface area contributed by atoms with E-state index in [9.17, 15) is 10.1 Å². The topological polar surface area (TPSA) is 72.3 Å². The van der Waals surface area contributed by atoms with Gasteiger partial charge in [0.2, 0.25) is 5.91 Å². The molecule has 1 saturated heterocycles.